The molecule has 0 saturated carbocycles. The lowest BCUT2D eigenvalue weighted by Gasteiger charge is -2.12. The van der Waals surface area contributed by atoms with E-state index in [-0.39, 0.29) is 0 Å². The Balaban J connectivity index is 2.27. The molecule has 0 aliphatic rings. The van der Waals surface area contributed by atoms with Crippen molar-refractivity contribution in [3.05, 3.63) is 52.5 Å². The molecule has 2 aromatic rings. The van der Waals surface area contributed by atoms with Crippen LogP contribution >= 0.6 is 23.2 Å². The average molecular weight is 311 g/mol. The molecule has 0 N–H and O–H groups in total. The lowest BCUT2D eigenvalue weighted by Crippen LogP contribution is -1.92. The Kier molecular flexibility index (Phi) is 5.16. The van der Waals surface area contributed by atoms with Gasteiger partial charge in [-0.25, -0.2) is 0 Å². The predicted molar refractivity (Wildman–Crippen MR) is 83.5 cm³/mol. The third-order valence-corrected chi connectivity index (χ3v) is 3.67. The summed E-state index contributed by atoms with van der Waals surface area (Å²) in [7, 11) is 1.63. The number of halogens is 2. The maximum Gasteiger partial charge on any atom is 0.169 e. The van der Waals surface area contributed by atoms with E-state index in [9.17, 15) is 0 Å². The van der Waals surface area contributed by atoms with Crippen molar-refractivity contribution in [1.82, 2.24) is 0 Å². The smallest absolute Gasteiger partial charge is 0.169 e. The third-order valence-electron chi connectivity index (χ3n) is 3.03. The summed E-state index contributed by atoms with van der Waals surface area (Å²) in [6.45, 7) is 2.10. The highest BCUT2D eigenvalue weighted by molar-refractivity contribution is 6.32. The second-order valence-electron chi connectivity index (χ2n) is 4.33. The zero-order valence-electron chi connectivity index (χ0n) is 11.5. The van der Waals surface area contributed by atoms with Crippen LogP contribution in [0.3, 0.4) is 0 Å². The van der Waals surface area contributed by atoms with E-state index in [1.165, 1.54) is 5.56 Å². The molecule has 0 spiro atoms. The van der Waals surface area contributed by atoms with Crippen molar-refractivity contribution in [3.63, 3.8) is 0 Å². The molecule has 0 bridgehead atoms. The normalized spacial score (nSPS) is 10.4. The summed E-state index contributed by atoms with van der Waals surface area (Å²) in [5.41, 5.74) is 2.08. The molecule has 0 amide bonds. The molecule has 2 nitrogen and oxygen atoms in total. The highest BCUT2D eigenvalue weighted by Gasteiger charge is 2.08. The van der Waals surface area contributed by atoms with Gasteiger partial charge in [-0.1, -0.05) is 30.7 Å². The quantitative estimate of drug-likeness (QED) is 0.684. The van der Waals surface area contributed by atoms with E-state index in [2.05, 4.69) is 6.92 Å². The fraction of sp³-hybridized carbons (Fsp3) is 0.250. The molecule has 0 unspecified atom stereocenters. The van der Waals surface area contributed by atoms with Crippen LogP contribution in [-0.4, -0.2) is 7.11 Å². The van der Waals surface area contributed by atoms with Gasteiger partial charge in [-0.05, 0) is 41.8 Å². The Bertz CT molecular complexity index is 597. The van der Waals surface area contributed by atoms with Gasteiger partial charge < -0.3 is 9.47 Å². The van der Waals surface area contributed by atoms with E-state index in [0.717, 1.165) is 12.0 Å². The van der Waals surface area contributed by atoms with Gasteiger partial charge in [0.05, 0.1) is 7.11 Å². The first-order chi connectivity index (χ1) is 9.67. The molecular weight excluding hydrogens is 295 g/mol. The molecule has 0 saturated heterocycles. The molecule has 0 aliphatic carbocycles. The Morgan fingerprint density at radius 3 is 2.45 bits per heavy atom. The topological polar surface area (TPSA) is 18.5 Å². The van der Waals surface area contributed by atoms with Gasteiger partial charge in [0.2, 0.25) is 0 Å². The second-order valence-corrected chi connectivity index (χ2v) is 5.00. The number of aryl methyl sites for hydroxylation is 1. The van der Waals surface area contributed by atoms with Gasteiger partial charge in [0.25, 0.3) is 0 Å². The number of hydrogen-bond acceptors (Lipinski definition) is 2. The van der Waals surface area contributed by atoms with E-state index in [1.807, 2.05) is 30.3 Å². The van der Waals surface area contributed by atoms with Gasteiger partial charge in [-0.3, -0.25) is 0 Å². The Morgan fingerprint density at radius 1 is 1.05 bits per heavy atom. The number of alkyl halides is 1. The standard InChI is InChI=1S/C16H16Cl2O2/c1-3-11-4-7-15(16(8-11)19-2)20-13-6-5-12(10-17)14(18)9-13/h4-9H,3,10H2,1-2H3. The zero-order chi connectivity index (χ0) is 14.5. The van der Waals surface area contributed by atoms with Gasteiger partial charge in [0.1, 0.15) is 5.75 Å². The molecule has 4 heteroatoms. The average Bonchev–Trinajstić information content (AvgIpc) is 2.48. The second kappa shape index (κ2) is 6.87. The first-order valence-electron chi connectivity index (χ1n) is 6.37. The highest BCUT2D eigenvalue weighted by Crippen LogP contribution is 2.34. The summed E-state index contributed by atoms with van der Waals surface area (Å²) in [5.74, 6) is 2.42. The summed E-state index contributed by atoms with van der Waals surface area (Å²) in [4.78, 5) is 0. The lowest BCUT2D eigenvalue weighted by atomic mass is 10.1. The Labute approximate surface area is 129 Å². The maximum atomic E-state index is 6.12. The van der Waals surface area contributed by atoms with Crippen LogP contribution in [0.25, 0.3) is 0 Å². The molecule has 2 aromatic carbocycles. The maximum absolute atomic E-state index is 6.12. The summed E-state index contributed by atoms with van der Waals surface area (Å²) >= 11 is 11.9. The minimum Gasteiger partial charge on any atom is -0.493 e. The monoisotopic (exact) mass is 310 g/mol. The molecule has 20 heavy (non-hydrogen) atoms. The van der Waals surface area contributed by atoms with Crippen molar-refractivity contribution >= 4 is 23.2 Å². The van der Waals surface area contributed by atoms with Crippen molar-refractivity contribution in [2.75, 3.05) is 7.11 Å². The molecule has 0 aromatic heterocycles. The summed E-state index contributed by atoms with van der Waals surface area (Å²) in [6, 6.07) is 11.4. The Morgan fingerprint density at radius 2 is 1.85 bits per heavy atom. The van der Waals surface area contributed by atoms with Crippen LogP contribution in [0, 0.1) is 0 Å². The van der Waals surface area contributed by atoms with Gasteiger partial charge in [0.15, 0.2) is 11.5 Å². The van der Waals surface area contributed by atoms with Crippen LogP contribution in [0.1, 0.15) is 18.1 Å². The first kappa shape index (κ1) is 15.0. The Hall–Kier alpha value is -1.38. The zero-order valence-corrected chi connectivity index (χ0v) is 13.0. The van der Waals surface area contributed by atoms with Crippen molar-refractivity contribution < 1.29 is 9.47 Å². The minimum absolute atomic E-state index is 0.383. The van der Waals surface area contributed by atoms with Crippen molar-refractivity contribution in [1.29, 1.82) is 0 Å². The van der Waals surface area contributed by atoms with Gasteiger partial charge in [0, 0.05) is 10.9 Å². The summed E-state index contributed by atoms with van der Waals surface area (Å²) < 4.78 is 11.2. The van der Waals surface area contributed by atoms with Crippen LogP contribution < -0.4 is 9.47 Å². The molecule has 0 aliphatic heterocycles. The van der Waals surface area contributed by atoms with Crippen molar-refractivity contribution in [3.8, 4) is 17.2 Å². The van der Waals surface area contributed by atoms with Crippen LogP contribution in [0.5, 0.6) is 17.2 Å². The molecular formula is C16H16Cl2O2. The molecule has 2 rings (SSSR count). The van der Waals surface area contributed by atoms with E-state index >= 15 is 0 Å². The molecule has 0 atom stereocenters. The van der Waals surface area contributed by atoms with Crippen LogP contribution in [0.2, 0.25) is 5.02 Å². The van der Waals surface area contributed by atoms with E-state index in [1.54, 1.807) is 13.2 Å². The van der Waals surface area contributed by atoms with Crippen molar-refractivity contribution in [2.45, 2.75) is 19.2 Å². The number of hydrogen-bond donors (Lipinski definition) is 0. The van der Waals surface area contributed by atoms with E-state index in [4.69, 9.17) is 32.7 Å². The number of rotatable bonds is 5. The molecule has 0 fully saturated rings. The minimum atomic E-state index is 0.383. The number of methoxy groups -OCH3 is 1. The van der Waals surface area contributed by atoms with Crippen LogP contribution in [0.4, 0.5) is 0 Å². The van der Waals surface area contributed by atoms with Crippen molar-refractivity contribution in [2.24, 2.45) is 0 Å². The van der Waals surface area contributed by atoms with E-state index in [0.29, 0.717) is 28.2 Å². The fourth-order valence-electron chi connectivity index (χ4n) is 1.84. The SMILES string of the molecule is CCc1ccc(Oc2ccc(CCl)c(Cl)c2)c(OC)c1. The summed E-state index contributed by atoms with van der Waals surface area (Å²) in [6.07, 6.45) is 0.951. The molecule has 106 valence electrons. The van der Waals surface area contributed by atoms with Crippen LogP contribution in [-0.2, 0) is 12.3 Å². The van der Waals surface area contributed by atoms with E-state index < -0.39 is 0 Å². The third kappa shape index (κ3) is 3.38. The van der Waals surface area contributed by atoms with Gasteiger partial charge in [-0.15, -0.1) is 11.6 Å². The summed E-state index contributed by atoms with van der Waals surface area (Å²) in [5, 5.41) is 0.599. The number of ether oxygens (including phenoxy) is 2. The fourth-order valence-corrected chi connectivity index (χ4v) is 2.38. The van der Waals surface area contributed by atoms with Gasteiger partial charge in [-0.2, -0.15) is 0 Å². The largest absolute Gasteiger partial charge is 0.493 e. The predicted octanol–water partition coefficient (Wildman–Crippen LogP) is 5.44. The van der Waals surface area contributed by atoms with Gasteiger partial charge >= 0.3 is 0 Å². The lowest BCUT2D eigenvalue weighted by molar-refractivity contribution is 0.378. The molecule has 0 radical (unpaired) electrons. The van der Waals surface area contributed by atoms with Crippen LogP contribution in [0.15, 0.2) is 36.4 Å². The number of benzene rings is 2. The first-order valence-corrected chi connectivity index (χ1v) is 7.28. The molecule has 0 heterocycles. The highest BCUT2D eigenvalue weighted by atomic mass is 35.5.